The Morgan fingerprint density at radius 2 is 1.79 bits per heavy atom. The summed E-state index contributed by atoms with van der Waals surface area (Å²) in [6, 6.07) is 10.9. The van der Waals surface area contributed by atoms with E-state index < -0.39 is 10.0 Å². The second kappa shape index (κ2) is 7.33. The molecule has 4 rings (SSSR count). The maximum absolute atomic E-state index is 12.3. The standard InChI is InChI=1S/C18H13N5O3S2/c24-17-6-5-16(14-7-8-19-11-15(14)17)22-21-12-1-3-13(4-2-12)28(25,26)23-18-20-9-10-27-18/h1-11,24H,(H,20,23). The average Bonchev–Trinajstić information content (AvgIpc) is 3.20. The van der Waals surface area contributed by atoms with E-state index in [1.165, 1.54) is 35.7 Å². The molecule has 0 fully saturated rings. The Morgan fingerprint density at radius 1 is 0.964 bits per heavy atom. The fourth-order valence-corrected chi connectivity index (χ4v) is 4.29. The summed E-state index contributed by atoms with van der Waals surface area (Å²) in [6.45, 7) is 0. The SMILES string of the molecule is O=S(=O)(Nc1nccs1)c1ccc(N=Nc2ccc(O)c3cnccc23)cc1. The Morgan fingerprint density at radius 3 is 2.54 bits per heavy atom. The van der Waals surface area contributed by atoms with Crippen LogP contribution >= 0.6 is 11.3 Å². The van der Waals surface area contributed by atoms with Gasteiger partial charge in [-0.3, -0.25) is 9.71 Å². The Bertz CT molecular complexity index is 1250. The van der Waals surface area contributed by atoms with Gasteiger partial charge in [0.15, 0.2) is 5.13 Å². The normalized spacial score (nSPS) is 11.9. The van der Waals surface area contributed by atoms with Gasteiger partial charge in [0.1, 0.15) is 5.75 Å². The molecule has 8 nitrogen and oxygen atoms in total. The van der Waals surface area contributed by atoms with Crippen LogP contribution in [0.1, 0.15) is 0 Å². The number of sulfonamides is 1. The highest BCUT2D eigenvalue weighted by Gasteiger charge is 2.15. The molecule has 0 spiro atoms. The van der Waals surface area contributed by atoms with Crippen LogP contribution in [0.5, 0.6) is 5.75 Å². The summed E-state index contributed by atoms with van der Waals surface area (Å²) in [6.07, 6.45) is 4.68. The maximum atomic E-state index is 12.3. The van der Waals surface area contributed by atoms with Crippen LogP contribution in [0.3, 0.4) is 0 Å². The zero-order chi connectivity index (χ0) is 19.6. The van der Waals surface area contributed by atoms with E-state index in [4.69, 9.17) is 0 Å². The van der Waals surface area contributed by atoms with Crippen molar-refractivity contribution in [1.82, 2.24) is 9.97 Å². The summed E-state index contributed by atoms with van der Waals surface area (Å²) < 4.78 is 27.1. The second-order valence-corrected chi connectivity index (χ2v) is 8.24. The number of anilines is 1. The molecule has 0 amide bonds. The first-order valence-electron chi connectivity index (χ1n) is 8.03. The van der Waals surface area contributed by atoms with Gasteiger partial charge in [-0.25, -0.2) is 13.4 Å². The molecule has 0 aliphatic carbocycles. The van der Waals surface area contributed by atoms with Gasteiger partial charge in [-0.1, -0.05) is 0 Å². The zero-order valence-corrected chi connectivity index (χ0v) is 15.9. The number of benzene rings is 2. The van der Waals surface area contributed by atoms with Gasteiger partial charge < -0.3 is 5.11 Å². The monoisotopic (exact) mass is 411 g/mol. The summed E-state index contributed by atoms with van der Waals surface area (Å²) in [5.74, 6) is 0.115. The lowest BCUT2D eigenvalue weighted by molar-refractivity contribution is 0.481. The number of nitrogens with one attached hydrogen (secondary N) is 1. The highest BCUT2D eigenvalue weighted by Crippen LogP contribution is 2.32. The third kappa shape index (κ3) is 3.68. The van der Waals surface area contributed by atoms with Crippen LogP contribution in [0.15, 0.2) is 81.6 Å². The quantitative estimate of drug-likeness (QED) is 0.465. The van der Waals surface area contributed by atoms with Crippen molar-refractivity contribution in [1.29, 1.82) is 0 Å². The van der Waals surface area contributed by atoms with Crippen LogP contribution in [0.2, 0.25) is 0 Å². The Kier molecular flexibility index (Phi) is 4.72. The number of nitrogens with zero attached hydrogens (tertiary/aromatic N) is 4. The third-order valence-corrected chi connectivity index (χ3v) is 6.02. The maximum Gasteiger partial charge on any atom is 0.263 e. The van der Waals surface area contributed by atoms with E-state index in [1.54, 1.807) is 42.0 Å². The number of phenolic OH excluding ortho intramolecular Hbond substituents is 1. The minimum atomic E-state index is -3.71. The van der Waals surface area contributed by atoms with Crippen LogP contribution in [0.25, 0.3) is 10.8 Å². The van der Waals surface area contributed by atoms with E-state index in [1.807, 2.05) is 0 Å². The molecule has 2 heterocycles. The Balaban J connectivity index is 1.58. The first-order chi connectivity index (χ1) is 13.5. The van der Waals surface area contributed by atoms with Crippen molar-refractivity contribution >= 4 is 48.6 Å². The first-order valence-corrected chi connectivity index (χ1v) is 10.4. The van der Waals surface area contributed by atoms with E-state index in [2.05, 4.69) is 24.9 Å². The number of phenols is 1. The molecule has 0 saturated heterocycles. The fraction of sp³-hybridized carbons (Fsp3) is 0. The van der Waals surface area contributed by atoms with E-state index >= 15 is 0 Å². The van der Waals surface area contributed by atoms with Crippen molar-refractivity contribution in [2.24, 2.45) is 10.2 Å². The average molecular weight is 411 g/mol. The summed E-state index contributed by atoms with van der Waals surface area (Å²) in [5, 5.41) is 21.5. The highest BCUT2D eigenvalue weighted by molar-refractivity contribution is 7.93. The molecular formula is C18H13N5O3S2. The molecule has 0 aliphatic rings. The number of pyridine rings is 1. The molecule has 140 valence electrons. The molecule has 28 heavy (non-hydrogen) atoms. The van der Waals surface area contributed by atoms with Crippen LogP contribution < -0.4 is 4.72 Å². The molecule has 0 aliphatic heterocycles. The van der Waals surface area contributed by atoms with Crippen LogP contribution in [0, 0.1) is 0 Å². The molecule has 4 aromatic rings. The van der Waals surface area contributed by atoms with E-state index in [0.717, 1.165) is 0 Å². The van der Waals surface area contributed by atoms with Crippen LogP contribution in [-0.2, 0) is 10.0 Å². The van der Waals surface area contributed by atoms with Crippen molar-refractivity contribution in [3.63, 3.8) is 0 Å². The lowest BCUT2D eigenvalue weighted by atomic mass is 10.1. The summed E-state index contributed by atoms with van der Waals surface area (Å²) in [7, 11) is -3.71. The fourth-order valence-electron chi connectivity index (χ4n) is 2.50. The lowest BCUT2D eigenvalue weighted by Crippen LogP contribution is -2.12. The summed E-state index contributed by atoms with van der Waals surface area (Å²) >= 11 is 1.20. The molecule has 2 aromatic heterocycles. The number of aromatic nitrogens is 2. The largest absolute Gasteiger partial charge is 0.507 e. The van der Waals surface area contributed by atoms with E-state index in [-0.39, 0.29) is 10.6 Å². The Hall–Kier alpha value is -3.37. The number of thiazole rings is 1. The van der Waals surface area contributed by atoms with E-state index in [0.29, 0.717) is 27.3 Å². The van der Waals surface area contributed by atoms with Gasteiger partial charge in [0.2, 0.25) is 0 Å². The minimum absolute atomic E-state index is 0.0998. The first kappa shape index (κ1) is 18.0. The predicted octanol–water partition coefficient (Wildman–Crippen LogP) is 4.61. The molecule has 0 radical (unpaired) electrons. The minimum Gasteiger partial charge on any atom is -0.507 e. The van der Waals surface area contributed by atoms with Crippen molar-refractivity contribution in [3.8, 4) is 5.75 Å². The lowest BCUT2D eigenvalue weighted by Gasteiger charge is -2.05. The van der Waals surface area contributed by atoms with Crippen LogP contribution in [0.4, 0.5) is 16.5 Å². The van der Waals surface area contributed by atoms with Crippen LogP contribution in [-0.4, -0.2) is 23.5 Å². The van der Waals surface area contributed by atoms with Crippen molar-refractivity contribution < 1.29 is 13.5 Å². The zero-order valence-electron chi connectivity index (χ0n) is 14.2. The van der Waals surface area contributed by atoms with Gasteiger partial charge >= 0.3 is 0 Å². The van der Waals surface area contributed by atoms with Crippen molar-refractivity contribution in [2.75, 3.05) is 4.72 Å². The topological polar surface area (TPSA) is 117 Å². The third-order valence-electron chi connectivity index (χ3n) is 3.85. The molecule has 10 heteroatoms. The van der Waals surface area contributed by atoms with Gasteiger partial charge in [-0.05, 0) is 42.5 Å². The van der Waals surface area contributed by atoms with Crippen molar-refractivity contribution in [2.45, 2.75) is 4.90 Å². The molecule has 0 saturated carbocycles. The van der Waals surface area contributed by atoms with Gasteiger partial charge in [0, 0.05) is 34.7 Å². The number of aromatic hydroxyl groups is 1. The van der Waals surface area contributed by atoms with Gasteiger partial charge in [-0.15, -0.1) is 16.5 Å². The molecular weight excluding hydrogens is 398 g/mol. The number of hydrogen-bond donors (Lipinski definition) is 2. The predicted molar refractivity (Wildman–Crippen MR) is 107 cm³/mol. The summed E-state index contributed by atoms with van der Waals surface area (Å²) in [5.41, 5.74) is 1.06. The Labute approximate surface area is 164 Å². The molecule has 2 N–H and O–H groups in total. The molecule has 0 atom stereocenters. The van der Waals surface area contributed by atoms with E-state index in [9.17, 15) is 13.5 Å². The number of fused-ring (bicyclic) bond motifs is 1. The summed E-state index contributed by atoms with van der Waals surface area (Å²) in [4.78, 5) is 8.00. The second-order valence-electron chi connectivity index (χ2n) is 5.66. The number of rotatable bonds is 5. The number of azo groups is 1. The molecule has 2 aromatic carbocycles. The number of hydrogen-bond acceptors (Lipinski definition) is 8. The van der Waals surface area contributed by atoms with Gasteiger partial charge in [0.25, 0.3) is 10.0 Å². The highest BCUT2D eigenvalue weighted by atomic mass is 32.2. The molecule has 0 unspecified atom stereocenters. The molecule has 0 bridgehead atoms. The van der Waals surface area contributed by atoms with Crippen molar-refractivity contribution in [3.05, 3.63) is 66.4 Å². The van der Waals surface area contributed by atoms with Gasteiger partial charge in [-0.2, -0.15) is 5.11 Å². The smallest absolute Gasteiger partial charge is 0.263 e. The van der Waals surface area contributed by atoms with Gasteiger partial charge in [0.05, 0.1) is 16.3 Å².